The molecule has 0 saturated carbocycles. The molecule has 0 unspecified atom stereocenters. The number of amides is 1. The summed E-state index contributed by atoms with van der Waals surface area (Å²) in [4.78, 5) is 13.2. The van der Waals surface area contributed by atoms with E-state index < -0.39 is 0 Å². The van der Waals surface area contributed by atoms with Gasteiger partial charge in [-0.2, -0.15) is 0 Å². The third-order valence-corrected chi connectivity index (χ3v) is 5.44. The van der Waals surface area contributed by atoms with Crippen LogP contribution in [0.4, 0.5) is 5.13 Å². The molecule has 3 rings (SSSR count). The third-order valence-electron chi connectivity index (χ3n) is 3.55. The van der Waals surface area contributed by atoms with Crippen molar-refractivity contribution >= 4 is 44.9 Å². The molecule has 0 radical (unpaired) electrons. The van der Waals surface area contributed by atoms with Crippen LogP contribution >= 0.6 is 23.1 Å². The Morgan fingerprint density at radius 2 is 2.00 bits per heavy atom. The number of hydrogen-bond acceptors (Lipinski definition) is 5. The van der Waals surface area contributed by atoms with Gasteiger partial charge in [0.1, 0.15) is 5.01 Å². The molecule has 4 nitrogen and oxygen atoms in total. The normalized spacial score (nSPS) is 10.9. The number of benzene rings is 2. The fourth-order valence-corrected chi connectivity index (χ4v) is 3.84. The number of carbonyl (C=O) groups is 1. The molecule has 24 heavy (non-hydrogen) atoms. The molecular weight excluding hydrogens is 338 g/mol. The molecule has 6 heteroatoms. The topological polar surface area (TPSA) is 54.9 Å². The summed E-state index contributed by atoms with van der Waals surface area (Å²) in [6.45, 7) is 2.15. The van der Waals surface area contributed by atoms with Crippen molar-refractivity contribution in [2.75, 3.05) is 11.1 Å². The Kier molecular flexibility index (Phi) is 5.82. The minimum absolute atomic E-state index is 0.0497. The highest BCUT2D eigenvalue weighted by Crippen LogP contribution is 2.24. The molecule has 0 spiro atoms. The number of hydrogen-bond donors (Lipinski definition) is 1. The lowest BCUT2D eigenvalue weighted by Gasteiger charge is -2.04. The van der Waals surface area contributed by atoms with E-state index in [1.807, 2.05) is 18.2 Å². The maximum Gasteiger partial charge on any atom is 0.236 e. The molecular formula is C18H19N3OS2. The number of carbonyl (C=O) groups excluding carboxylic acids is 1. The maximum atomic E-state index is 12.1. The molecule has 1 amide bonds. The third kappa shape index (κ3) is 4.55. The Labute approximate surface area is 149 Å². The summed E-state index contributed by atoms with van der Waals surface area (Å²) in [5, 5.41) is 14.9. The Bertz CT molecular complexity index is 832. The number of fused-ring (bicyclic) bond motifs is 1. The second-order valence-electron chi connectivity index (χ2n) is 5.45. The summed E-state index contributed by atoms with van der Waals surface area (Å²) in [7, 11) is 0. The second-order valence-corrected chi connectivity index (χ2v) is 7.56. The van der Waals surface area contributed by atoms with Crippen LogP contribution in [0.15, 0.2) is 47.4 Å². The number of anilines is 1. The van der Waals surface area contributed by atoms with Crippen LogP contribution in [0.2, 0.25) is 0 Å². The summed E-state index contributed by atoms with van der Waals surface area (Å²) >= 11 is 2.99. The molecule has 0 aliphatic rings. The van der Waals surface area contributed by atoms with Crippen molar-refractivity contribution in [2.45, 2.75) is 31.1 Å². The van der Waals surface area contributed by atoms with Gasteiger partial charge in [-0.1, -0.05) is 55.0 Å². The number of rotatable bonds is 7. The molecule has 124 valence electrons. The predicted molar refractivity (Wildman–Crippen MR) is 102 cm³/mol. The summed E-state index contributed by atoms with van der Waals surface area (Å²) in [5.41, 5.74) is 0. The SMILES string of the molecule is CCCCc1nnc(NC(=O)CSc2ccc3ccccc3c2)s1. The van der Waals surface area contributed by atoms with Crippen molar-refractivity contribution in [3.8, 4) is 0 Å². The monoisotopic (exact) mass is 357 g/mol. The molecule has 3 aromatic rings. The molecule has 1 heterocycles. The number of nitrogens with zero attached hydrogens (tertiary/aromatic N) is 2. The van der Waals surface area contributed by atoms with Gasteiger partial charge in [0.15, 0.2) is 0 Å². The van der Waals surface area contributed by atoms with Crippen molar-refractivity contribution in [3.05, 3.63) is 47.5 Å². The molecule has 0 atom stereocenters. The van der Waals surface area contributed by atoms with Crippen LogP contribution in [-0.2, 0) is 11.2 Å². The largest absolute Gasteiger partial charge is 0.300 e. The van der Waals surface area contributed by atoms with Gasteiger partial charge in [-0.05, 0) is 29.3 Å². The lowest BCUT2D eigenvalue weighted by molar-refractivity contribution is -0.113. The average Bonchev–Trinajstić information content (AvgIpc) is 3.05. The van der Waals surface area contributed by atoms with Gasteiger partial charge >= 0.3 is 0 Å². The number of nitrogens with one attached hydrogen (secondary N) is 1. The van der Waals surface area contributed by atoms with E-state index in [2.05, 4.69) is 46.7 Å². The first-order valence-electron chi connectivity index (χ1n) is 7.98. The fourth-order valence-electron chi connectivity index (χ4n) is 2.29. The van der Waals surface area contributed by atoms with Crippen LogP contribution < -0.4 is 5.32 Å². The van der Waals surface area contributed by atoms with Gasteiger partial charge in [0.05, 0.1) is 5.75 Å². The van der Waals surface area contributed by atoms with E-state index in [1.54, 1.807) is 0 Å². The van der Waals surface area contributed by atoms with E-state index in [0.29, 0.717) is 10.9 Å². The highest BCUT2D eigenvalue weighted by molar-refractivity contribution is 8.00. The van der Waals surface area contributed by atoms with Crippen molar-refractivity contribution in [1.82, 2.24) is 10.2 Å². The van der Waals surface area contributed by atoms with Gasteiger partial charge in [0.2, 0.25) is 11.0 Å². The van der Waals surface area contributed by atoms with Gasteiger partial charge in [-0.15, -0.1) is 22.0 Å². The Morgan fingerprint density at radius 1 is 1.17 bits per heavy atom. The fraction of sp³-hybridized carbons (Fsp3) is 0.278. The highest BCUT2D eigenvalue weighted by Gasteiger charge is 2.09. The maximum absolute atomic E-state index is 12.1. The lowest BCUT2D eigenvalue weighted by Crippen LogP contribution is -2.13. The van der Waals surface area contributed by atoms with E-state index >= 15 is 0 Å². The number of thioether (sulfide) groups is 1. The van der Waals surface area contributed by atoms with Gasteiger partial charge in [0.25, 0.3) is 0 Å². The van der Waals surface area contributed by atoms with Gasteiger partial charge in [0, 0.05) is 11.3 Å². The first kappa shape index (κ1) is 16.9. The highest BCUT2D eigenvalue weighted by atomic mass is 32.2. The van der Waals surface area contributed by atoms with E-state index in [1.165, 1.54) is 33.9 Å². The van der Waals surface area contributed by atoms with E-state index in [-0.39, 0.29) is 5.91 Å². The van der Waals surface area contributed by atoms with Crippen LogP contribution in [0.3, 0.4) is 0 Å². The lowest BCUT2D eigenvalue weighted by atomic mass is 10.1. The standard InChI is InChI=1S/C18H19N3OS2/c1-2-3-8-17-20-21-18(24-17)19-16(22)12-23-15-10-9-13-6-4-5-7-14(13)11-15/h4-7,9-11H,2-3,8,12H2,1H3,(H,19,21,22). The van der Waals surface area contributed by atoms with Crippen LogP contribution in [-0.4, -0.2) is 21.9 Å². The molecule has 0 aliphatic heterocycles. The van der Waals surface area contributed by atoms with Crippen molar-refractivity contribution in [1.29, 1.82) is 0 Å². The zero-order valence-corrected chi connectivity index (χ0v) is 15.1. The molecule has 2 aromatic carbocycles. The smallest absolute Gasteiger partial charge is 0.236 e. The number of unbranched alkanes of at least 4 members (excludes halogenated alkanes) is 1. The summed E-state index contributed by atoms with van der Waals surface area (Å²) in [6, 6.07) is 14.5. The molecule has 0 aliphatic carbocycles. The predicted octanol–water partition coefficient (Wildman–Crippen LogP) is 4.76. The van der Waals surface area contributed by atoms with Crippen LogP contribution in [0, 0.1) is 0 Å². The summed E-state index contributed by atoms with van der Waals surface area (Å²) in [5.74, 6) is 0.314. The van der Waals surface area contributed by atoms with Crippen LogP contribution in [0.5, 0.6) is 0 Å². The molecule has 0 saturated heterocycles. The van der Waals surface area contributed by atoms with E-state index in [0.717, 1.165) is 29.2 Å². The van der Waals surface area contributed by atoms with Crippen LogP contribution in [0.25, 0.3) is 10.8 Å². The number of aromatic nitrogens is 2. The van der Waals surface area contributed by atoms with Gasteiger partial charge in [-0.3, -0.25) is 10.1 Å². The number of aryl methyl sites for hydroxylation is 1. The second kappa shape index (κ2) is 8.26. The van der Waals surface area contributed by atoms with Crippen molar-refractivity contribution in [3.63, 3.8) is 0 Å². The van der Waals surface area contributed by atoms with Crippen LogP contribution in [0.1, 0.15) is 24.8 Å². The van der Waals surface area contributed by atoms with Crippen molar-refractivity contribution < 1.29 is 4.79 Å². The van der Waals surface area contributed by atoms with E-state index in [4.69, 9.17) is 0 Å². The van der Waals surface area contributed by atoms with Gasteiger partial charge in [-0.25, -0.2) is 0 Å². The molecule has 0 bridgehead atoms. The molecule has 1 N–H and O–H groups in total. The first-order chi connectivity index (χ1) is 11.7. The molecule has 1 aromatic heterocycles. The minimum atomic E-state index is -0.0497. The van der Waals surface area contributed by atoms with Gasteiger partial charge < -0.3 is 0 Å². The first-order valence-corrected chi connectivity index (χ1v) is 9.78. The summed E-state index contributed by atoms with van der Waals surface area (Å²) < 4.78 is 0. The Balaban J connectivity index is 1.53. The Hall–Kier alpha value is -1.92. The Morgan fingerprint density at radius 3 is 2.83 bits per heavy atom. The zero-order chi connectivity index (χ0) is 16.8. The molecule has 0 fully saturated rings. The quantitative estimate of drug-likeness (QED) is 0.619. The van der Waals surface area contributed by atoms with Crippen molar-refractivity contribution in [2.24, 2.45) is 0 Å². The minimum Gasteiger partial charge on any atom is -0.300 e. The average molecular weight is 358 g/mol. The van der Waals surface area contributed by atoms with E-state index in [9.17, 15) is 4.79 Å². The summed E-state index contributed by atoms with van der Waals surface area (Å²) in [6.07, 6.45) is 3.15. The zero-order valence-electron chi connectivity index (χ0n) is 13.5.